The summed E-state index contributed by atoms with van der Waals surface area (Å²) in [6, 6.07) is 7.89. The maximum atomic E-state index is 11.5. The van der Waals surface area contributed by atoms with Crippen molar-refractivity contribution in [3.63, 3.8) is 0 Å². The number of imidazole rings is 1. The molecule has 0 aliphatic heterocycles. The minimum Gasteiger partial charge on any atom is -0.336 e. The van der Waals surface area contributed by atoms with Crippen LogP contribution in [0.3, 0.4) is 0 Å². The van der Waals surface area contributed by atoms with E-state index in [0.717, 1.165) is 23.3 Å². The lowest BCUT2D eigenvalue weighted by Gasteiger charge is -2.13. The minimum absolute atomic E-state index is 0.0895. The predicted molar refractivity (Wildman–Crippen MR) is 81.2 cm³/mol. The SMILES string of the molecule is CN(C)C(=O)NCCn1c(CCCl)nc2ccccc21. The molecule has 2 rings (SSSR count). The summed E-state index contributed by atoms with van der Waals surface area (Å²) in [5.41, 5.74) is 2.04. The lowest BCUT2D eigenvalue weighted by molar-refractivity contribution is 0.217. The molecule has 0 spiro atoms. The third-order valence-corrected chi connectivity index (χ3v) is 3.26. The number of halogens is 1. The summed E-state index contributed by atoms with van der Waals surface area (Å²) < 4.78 is 2.12. The highest BCUT2D eigenvalue weighted by atomic mass is 35.5. The first-order valence-electron chi connectivity index (χ1n) is 6.58. The van der Waals surface area contributed by atoms with Crippen LogP contribution in [0.4, 0.5) is 4.79 Å². The number of rotatable bonds is 5. The number of urea groups is 1. The summed E-state index contributed by atoms with van der Waals surface area (Å²) in [5, 5.41) is 2.86. The van der Waals surface area contributed by atoms with Crippen LogP contribution >= 0.6 is 11.6 Å². The van der Waals surface area contributed by atoms with Crippen LogP contribution in [-0.4, -0.2) is 47.0 Å². The highest BCUT2D eigenvalue weighted by molar-refractivity contribution is 6.17. The second kappa shape index (κ2) is 6.61. The maximum absolute atomic E-state index is 11.5. The number of hydrogen-bond donors (Lipinski definition) is 1. The zero-order valence-electron chi connectivity index (χ0n) is 11.8. The van der Waals surface area contributed by atoms with Crippen LogP contribution in [0.25, 0.3) is 11.0 Å². The van der Waals surface area contributed by atoms with Crippen molar-refractivity contribution >= 4 is 28.7 Å². The Bertz CT molecular complexity index is 594. The topological polar surface area (TPSA) is 50.2 Å². The summed E-state index contributed by atoms with van der Waals surface area (Å²) in [7, 11) is 3.45. The molecular weight excluding hydrogens is 276 g/mol. The molecule has 0 aliphatic carbocycles. The number of aryl methyl sites for hydroxylation is 1. The number of aromatic nitrogens is 2. The number of carbonyl (C=O) groups is 1. The van der Waals surface area contributed by atoms with Crippen LogP contribution in [0.1, 0.15) is 5.82 Å². The van der Waals surface area contributed by atoms with Gasteiger partial charge in [0, 0.05) is 39.5 Å². The van der Waals surface area contributed by atoms with Crippen LogP contribution in [0.15, 0.2) is 24.3 Å². The zero-order chi connectivity index (χ0) is 14.5. The van der Waals surface area contributed by atoms with Gasteiger partial charge in [-0.2, -0.15) is 0 Å². The molecule has 0 fully saturated rings. The van der Waals surface area contributed by atoms with Gasteiger partial charge in [-0.3, -0.25) is 0 Å². The molecule has 0 saturated carbocycles. The fraction of sp³-hybridized carbons (Fsp3) is 0.429. The number of carbonyl (C=O) groups excluding carboxylic acids is 1. The Kier molecular flexibility index (Phi) is 4.84. The Hall–Kier alpha value is -1.75. The van der Waals surface area contributed by atoms with E-state index in [1.54, 1.807) is 14.1 Å². The largest absolute Gasteiger partial charge is 0.336 e. The van der Waals surface area contributed by atoms with Crippen molar-refractivity contribution in [2.24, 2.45) is 0 Å². The summed E-state index contributed by atoms with van der Waals surface area (Å²) in [6.45, 7) is 1.25. The lowest BCUT2D eigenvalue weighted by Crippen LogP contribution is -2.36. The number of benzene rings is 1. The van der Waals surface area contributed by atoms with Gasteiger partial charge in [-0.05, 0) is 12.1 Å². The summed E-state index contributed by atoms with van der Waals surface area (Å²) >= 11 is 5.83. The number of para-hydroxylation sites is 2. The Balaban J connectivity index is 2.14. The number of alkyl halides is 1. The van der Waals surface area contributed by atoms with Gasteiger partial charge < -0.3 is 14.8 Å². The van der Waals surface area contributed by atoms with E-state index in [1.807, 2.05) is 24.3 Å². The minimum atomic E-state index is -0.0895. The molecule has 0 aliphatic rings. The number of nitrogens with zero attached hydrogens (tertiary/aromatic N) is 3. The summed E-state index contributed by atoms with van der Waals surface area (Å²) in [4.78, 5) is 17.6. The fourth-order valence-electron chi connectivity index (χ4n) is 2.08. The third kappa shape index (κ3) is 3.22. The Labute approximate surface area is 123 Å². The predicted octanol–water partition coefficient (Wildman–Crippen LogP) is 2.09. The number of fused-ring (bicyclic) bond motifs is 1. The zero-order valence-corrected chi connectivity index (χ0v) is 12.5. The van der Waals surface area contributed by atoms with E-state index >= 15 is 0 Å². The molecule has 20 heavy (non-hydrogen) atoms. The fourth-order valence-corrected chi connectivity index (χ4v) is 2.25. The molecule has 0 unspecified atom stereocenters. The van der Waals surface area contributed by atoms with Gasteiger partial charge in [0.1, 0.15) is 5.82 Å². The van der Waals surface area contributed by atoms with Crippen LogP contribution in [0, 0.1) is 0 Å². The van der Waals surface area contributed by atoms with Crippen LogP contribution in [-0.2, 0) is 13.0 Å². The second-order valence-electron chi connectivity index (χ2n) is 4.73. The third-order valence-electron chi connectivity index (χ3n) is 3.07. The Morgan fingerprint density at radius 1 is 1.40 bits per heavy atom. The Morgan fingerprint density at radius 3 is 2.85 bits per heavy atom. The van der Waals surface area contributed by atoms with Gasteiger partial charge in [0.2, 0.25) is 0 Å². The Morgan fingerprint density at radius 2 is 2.15 bits per heavy atom. The smallest absolute Gasteiger partial charge is 0.316 e. The van der Waals surface area contributed by atoms with Gasteiger partial charge >= 0.3 is 6.03 Å². The molecule has 0 radical (unpaired) electrons. The van der Waals surface area contributed by atoms with Crippen molar-refractivity contribution in [1.29, 1.82) is 0 Å². The number of nitrogens with one attached hydrogen (secondary N) is 1. The van der Waals surface area contributed by atoms with Gasteiger partial charge in [-0.15, -0.1) is 11.6 Å². The van der Waals surface area contributed by atoms with Crippen molar-refractivity contribution in [1.82, 2.24) is 19.8 Å². The van der Waals surface area contributed by atoms with Gasteiger partial charge in [0.15, 0.2) is 0 Å². The van der Waals surface area contributed by atoms with Gasteiger partial charge in [0.05, 0.1) is 11.0 Å². The summed E-state index contributed by atoms with van der Waals surface area (Å²) in [5.74, 6) is 1.49. The molecule has 1 aromatic carbocycles. The monoisotopic (exact) mass is 294 g/mol. The number of hydrogen-bond acceptors (Lipinski definition) is 2. The van der Waals surface area contributed by atoms with E-state index in [1.165, 1.54) is 4.90 Å². The van der Waals surface area contributed by atoms with E-state index in [-0.39, 0.29) is 6.03 Å². The molecule has 1 heterocycles. The quantitative estimate of drug-likeness (QED) is 0.859. The molecular formula is C14H19ClN4O. The van der Waals surface area contributed by atoms with Crippen LogP contribution in [0.2, 0.25) is 0 Å². The normalized spacial score (nSPS) is 10.8. The molecule has 0 saturated heterocycles. The molecule has 0 bridgehead atoms. The molecule has 6 heteroatoms. The van der Waals surface area contributed by atoms with Crippen molar-refractivity contribution < 1.29 is 4.79 Å². The average molecular weight is 295 g/mol. The standard InChI is InChI=1S/C14H19ClN4O/c1-18(2)14(20)16-9-10-19-12-6-4-3-5-11(12)17-13(19)7-8-15/h3-6H,7-10H2,1-2H3,(H,16,20). The summed E-state index contributed by atoms with van der Waals surface area (Å²) in [6.07, 6.45) is 0.720. The highest BCUT2D eigenvalue weighted by Crippen LogP contribution is 2.16. The van der Waals surface area contributed by atoms with Crippen LogP contribution in [0.5, 0.6) is 0 Å². The van der Waals surface area contributed by atoms with Crippen LogP contribution < -0.4 is 5.32 Å². The molecule has 2 amide bonds. The van der Waals surface area contributed by atoms with E-state index in [9.17, 15) is 4.79 Å². The van der Waals surface area contributed by atoms with Gasteiger partial charge in [-0.1, -0.05) is 12.1 Å². The molecule has 5 nitrogen and oxygen atoms in total. The second-order valence-corrected chi connectivity index (χ2v) is 5.11. The maximum Gasteiger partial charge on any atom is 0.316 e. The first-order valence-corrected chi connectivity index (χ1v) is 7.12. The van der Waals surface area contributed by atoms with E-state index < -0.39 is 0 Å². The molecule has 0 atom stereocenters. The van der Waals surface area contributed by atoms with E-state index in [4.69, 9.17) is 11.6 Å². The van der Waals surface area contributed by atoms with Crippen molar-refractivity contribution in [2.45, 2.75) is 13.0 Å². The molecule has 1 N–H and O–H groups in total. The molecule has 108 valence electrons. The van der Waals surface area contributed by atoms with Gasteiger partial charge in [0.25, 0.3) is 0 Å². The van der Waals surface area contributed by atoms with Gasteiger partial charge in [-0.25, -0.2) is 9.78 Å². The van der Waals surface area contributed by atoms with Crippen molar-refractivity contribution in [3.05, 3.63) is 30.1 Å². The highest BCUT2D eigenvalue weighted by Gasteiger charge is 2.10. The first-order chi connectivity index (χ1) is 9.63. The first kappa shape index (κ1) is 14.7. The molecule has 1 aromatic heterocycles. The van der Waals surface area contributed by atoms with E-state index in [2.05, 4.69) is 14.9 Å². The van der Waals surface area contributed by atoms with Crippen molar-refractivity contribution in [3.8, 4) is 0 Å². The lowest BCUT2D eigenvalue weighted by atomic mass is 10.3. The average Bonchev–Trinajstić information content (AvgIpc) is 2.77. The van der Waals surface area contributed by atoms with Crippen molar-refractivity contribution in [2.75, 3.05) is 26.5 Å². The molecule has 2 aromatic rings. The number of amides is 2. The van der Waals surface area contributed by atoms with E-state index in [0.29, 0.717) is 19.0 Å².